The van der Waals surface area contributed by atoms with Gasteiger partial charge in [0, 0.05) is 0 Å². The van der Waals surface area contributed by atoms with Crippen molar-refractivity contribution in [2.24, 2.45) is 0 Å². The Balaban J connectivity index is 3.76. The van der Waals surface area contributed by atoms with E-state index < -0.39 is 10.1 Å². The Kier molecular flexibility index (Phi) is 3.08. The highest BCUT2D eigenvalue weighted by Gasteiger charge is 2.02. The Bertz CT molecular complexity index is 139. The van der Waals surface area contributed by atoms with Gasteiger partial charge < -0.3 is 4.10 Å². The minimum absolute atomic E-state index is 0.115. The third-order valence-corrected chi connectivity index (χ3v) is 2.12. The second-order valence-corrected chi connectivity index (χ2v) is 3.29. The van der Waals surface area contributed by atoms with Gasteiger partial charge in [-0.3, -0.25) is 0 Å². The molecular weight excluding hydrogens is 127 g/mol. The molecule has 0 radical (unpaired) electrons. The lowest BCUT2D eigenvalue weighted by atomic mass is 10.6. The normalized spacial score (nSPS) is 11.6. The predicted molar refractivity (Wildman–Crippen MR) is 33.7 cm³/mol. The van der Waals surface area contributed by atoms with Crippen LogP contribution in [0.25, 0.3) is 0 Å². The average molecular weight is 136 g/mol. The molecule has 0 unspecified atom stereocenters. The Labute approximate surface area is 50.6 Å². The zero-order valence-electron chi connectivity index (χ0n) is 5.05. The Morgan fingerprint density at radius 1 is 1.62 bits per heavy atom. The van der Waals surface area contributed by atoms with Crippen LogP contribution in [0.4, 0.5) is 0 Å². The van der Waals surface area contributed by atoms with Gasteiger partial charge in [0.05, 0.1) is 5.75 Å². The number of rotatable bonds is 3. The van der Waals surface area contributed by atoms with Crippen molar-refractivity contribution in [3.63, 3.8) is 0 Å². The van der Waals surface area contributed by atoms with Crippen LogP contribution in [0.15, 0.2) is 0 Å². The summed E-state index contributed by atoms with van der Waals surface area (Å²) in [5.74, 6) is 0.115. The summed E-state index contributed by atoms with van der Waals surface area (Å²) in [6, 6.07) is 0. The van der Waals surface area contributed by atoms with Crippen molar-refractivity contribution in [3.05, 3.63) is 0 Å². The van der Waals surface area contributed by atoms with E-state index in [1.165, 1.54) is 8.05 Å². The Hall–Kier alpha value is -0.0251. The van der Waals surface area contributed by atoms with Crippen LogP contribution < -0.4 is 0 Å². The summed E-state index contributed by atoms with van der Waals surface area (Å²) in [5, 5.41) is 0. The van der Waals surface area contributed by atoms with Crippen molar-refractivity contribution in [2.75, 3.05) is 5.75 Å². The summed E-state index contributed by atoms with van der Waals surface area (Å²) in [4.78, 5) is 0. The molecule has 0 aromatic rings. The van der Waals surface area contributed by atoms with Gasteiger partial charge in [-0.05, 0) is 6.42 Å². The highest BCUT2D eigenvalue weighted by Crippen LogP contribution is 1.90. The van der Waals surface area contributed by atoms with Gasteiger partial charge in [-0.1, -0.05) is 6.92 Å². The van der Waals surface area contributed by atoms with Crippen molar-refractivity contribution >= 4 is 18.2 Å². The van der Waals surface area contributed by atoms with E-state index in [9.17, 15) is 8.42 Å². The van der Waals surface area contributed by atoms with E-state index in [0.29, 0.717) is 6.42 Å². The molecule has 0 fully saturated rings. The van der Waals surface area contributed by atoms with E-state index in [-0.39, 0.29) is 5.75 Å². The van der Waals surface area contributed by atoms with Gasteiger partial charge in [0.1, 0.15) is 0 Å². The molecule has 0 heterocycles. The molecule has 0 aromatic heterocycles. The molecule has 0 N–H and O–H groups in total. The van der Waals surface area contributed by atoms with E-state index in [1.807, 2.05) is 0 Å². The zero-order valence-corrected chi connectivity index (χ0v) is 5.86. The van der Waals surface area contributed by atoms with Crippen molar-refractivity contribution in [1.82, 2.24) is 0 Å². The lowest BCUT2D eigenvalue weighted by molar-refractivity contribution is 0.506. The first-order valence-corrected chi connectivity index (χ1v) is 3.98. The predicted octanol–water partition coefficient (Wildman–Crippen LogP) is -0.709. The number of hydrogen-bond acceptors (Lipinski definition) is 3. The average Bonchev–Trinajstić information content (AvgIpc) is 1.67. The molecule has 0 aliphatic heterocycles. The van der Waals surface area contributed by atoms with Crippen molar-refractivity contribution in [1.29, 1.82) is 0 Å². The molecule has 5 heteroatoms. The summed E-state index contributed by atoms with van der Waals surface area (Å²) < 4.78 is 24.9. The van der Waals surface area contributed by atoms with Gasteiger partial charge in [0.2, 0.25) is 0 Å². The third kappa shape index (κ3) is 3.04. The quantitative estimate of drug-likeness (QED) is 0.481. The second kappa shape index (κ2) is 3.09. The molecule has 48 valence electrons. The summed E-state index contributed by atoms with van der Waals surface area (Å²) >= 11 is 0. The van der Waals surface area contributed by atoms with E-state index in [1.54, 1.807) is 6.92 Å². The molecule has 0 aromatic carbocycles. The van der Waals surface area contributed by atoms with Gasteiger partial charge in [0.15, 0.2) is 0 Å². The van der Waals surface area contributed by atoms with E-state index in [4.69, 9.17) is 0 Å². The molecule has 0 aliphatic rings. The molecule has 0 saturated carbocycles. The van der Waals surface area contributed by atoms with E-state index in [0.717, 1.165) is 0 Å². The largest absolute Gasteiger partial charge is 0.343 e. The Morgan fingerprint density at radius 3 is 2.25 bits per heavy atom. The highest BCUT2D eigenvalue weighted by molar-refractivity contribution is 7.87. The molecule has 3 nitrogen and oxygen atoms in total. The van der Waals surface area contributed by atoms with Crippen LogP contribution in [0.2, 0.25) is 0 Å². The van der Waals surface area contributed by atoms with Gasteiger partial charge in [-0.2, -0.15) is 0 Å². The summed E-state index contributed by atoms with van der Waals surface area (Å²) in [6.45, 7) is 1.79. The first-order valence-electron chi connectivity index (χ1n) is 2.40. The summed E-state index contributed by atoms with van der Waals surface area (Å²) in [6.07, 6.45) is 0.607. The molecule has 0 aliphatic carbocycles. The topological polar surface area (TPSA) is 43.4 Å². The van der Waals surface area contributed by atoms with E-state index >= 15 is 0 Å². The van der Waals surface area contributed by atoms with Crippen molar-refractivity contribution < 1.29 is 12.5 Å². The van der Waals surface area contributed by atoms with Gasteiger partial charge in [-0.15, -0.1) is 0 Å². The highest BCUT2D eigenvalue weighted by atomic mass is 32.2. The third-order valence-electron chi connectivity index (χ3n) is 0.708. The van der Waals surface area contributed by atoms with Crippen LogP contribution >= 0.6 is 0 Å². The summed E-state index contributed by atoms with van der Waals surface area (Å²) in [7, 11) is -2.00. The van der Waals surface area contributed by atoms with Crippen molar-refractivity contribution in [3.8, 4) is 0 Å². The molecule has 8 heavy (non-hydrogen) atoms. The SMILES string of the molecule is BOS(=O)(=O)CCC. The summed E-state index contributed by atoms with van der Waals surface area (Å²) in [5.41, 5.74) is 0. The maximum atomic E-state index is 10.4. The standard InChI is InChI=1S/C3H9BO3S/c1-2-3-8(5,6)7-4/h2-4H2,1H3. The monoisotopic (exact) mass is 136 g/mol. The zero-order chi connectivity index (χ0) is 6.62. The minimum Gasteiger partial charge on any atom is -0.343 e. The van der Waals surface area contributed by atoms with Crippen LogP contribution in [0.1, 0.15) is 13.3 Å². The van der Waals surface area contributed by atoms with Gasteiger partial charge in [0.25, 0.3) is 18.2 Å². The van der Waals surface area contributed by atoms with Gasteiger partial charge in [-0.25, -0.2) is 8.42 Å². The fourth-order valence-electron chi connectivity index (χ4n) is 0.333. The lowest BCUT2D eigenvalue weighted by Gasteiger charge is -1.95. The lowest BCUT2D eigenvalue weighted by Crippen LogP contribution is -2.06. The fourth-order valence-corrected chi connectivity index (χ4v) is 1.000. The van der Waals surface area contributed by atoms with Crippen LogP contribution in [-0.2, 0) is 14.2 Å². The molecule has 0 spiro atoms. The van der Waals surface area contributed by atoms with Crippen LogP contribution in [0.5, 0.6) is 0 Å². The maximum Gasteiger partial charge on any atom is 0.283 e. The van der Waals surface area contributed by atoms with Crippen LogP contribution in [-0.4, -0.2) is 22.2 Å². The Morgan fingerprint density at radius 2 is 2.12 bits per heavy atom. The van der Waals surface area contributed by atoms with E-state index in [2.05, 4.69) is 4.10 Å². The minimum atomic E-state index is -3.17. The van der Waals surface area contributed by atoms with Gasteiger partial charge >= 0.3 is 0 Å². The smallest absolute Gasteiger partial charge is 0.283 e. The molecule has 0 amide bonds. The molecule has 0 atom stereocenters. The molecule has 0 rings (SSSR count). The fraction of sp³-hybridized carbons (Fsp3) is 1.00. The van der Waals surface area contributed by atoms with Crippen molar-refractivity contribution in [2.45, 2.75) is 13.3 Å². The first kappa shape index (κ1) is 7.97. The molecule has 0 saturated heterocycles. The second-order valence-electron chi connectivity index (χ2n) is 1.43. The molecule has 0 bridgehead atoms. The molecular formula is C3H9BO3S. The maximum absolute atomic E-state index is 10.4. The number of hydrogen-bond donors (Lipinski definition) is 0. The first-order chi connectivity index (χ1) is 3.62. The van der Waals surface area contributed by atoms with Crippen LogP contribution in [0.3, 0.4) is 0 Å². The van der Waals surface area contributed by atoms with Crippen LogP contribution in [0, 0.1) is 0 Å².